The van der Waals surface area contributed by atoms with Crippen molar-refractivity contribution in [3.05, 3.63) is 58.3 Å². The summed E-state index contributed by atoms with van der Waals surface area (Å²) in [6, 6.07) is 11.9. The molecule has 1 heterocycles. The predicted molar refractivity (Wildman–Crippen MR) is 98.8 cm³/mol. The van der Waals surface area contributed by atoms with Crippen molar-refractivity contribution in [1.82, 2.24) is 10.3 Å². The Bertz CT molecular complexity index is 839. The van der Waals surface area contributed by atoms with Gasteiger partial charge in [-0.2, -0.15) is 5.26 Å². The quantitative estimate of drug-likeness (QED) is 0.868. The van der Waals surface area contributed by atoms with E-state index in [1.54, 1.807) is 0 Å². The van der Waals surface area contributed by atoms with Gasteiger partial charge in [-0.15, -0.1) is 0 Å². The van der Waals surface area contributed by atoms with Crippen molar-refractivity contribution in [3.63, 3.8) is 0 Å². The molecule has 134 valence electrons. The molecule has 5 nitrogen and oxygen atoms in total. The molecule has 0 saturated heterocycles. The summed E-state index contributed by atoms with van der Waals surface area (Å²) in [7, 11) is 0. The van der Waals surface area contributed by atoms with Crippen molar-refractivity contribution in [3.8, 4) is 11.9 Å². The molecule has 5 heteroatoms. The molecule has 1 aliphatic carbocycles. The summed E-state index contributed by atoms with van der Waals surface area (Å²) in [6.45, 7) is 4.47. The van der Waals surface area contributed by atoms with Crippen molar-refractivity contribution < 1.29 is 9.53 Å². The Morgan fingerprint density at radius 2 is 2.00 bits per heavy atom. The fourth-order valence-electron chi connectivity index (χ4n) is 3.34. The number of fused-ring (bicyclic) bond motifs is 1. The van der Waals surface area contributed by atoms with Gasteiger partial charge in [0.2, 0.25) is 5.88 Å². The van der Waals surface area contributed by atoms with E-state index in [1.807, 2.05) is 30.3 Å². The van der Waals surface area contributed by atoms with Gasteiger partial charge in [0, 0.05) is 6.54 Å². The first-order valence-electron chi connectivity index (χ1n) is 8.99. The number of carbonyl (C=O) groups excluding carboxylic acids is 1. The normalized spacial score (nSPS) is 12.5. The Kier molecular flexibility index (Phi) is 5.52. The highest BCUT2D eigenvalue weighted by Gasteiger charge is 2.25. The molecule has 2 aromatic rings. The van der Waals surface area contributed by atoms with Crippen LogP contribution in [-0.2, 0) is 24.2 Å². The summed E-state index contributed by atoms with van der Waals surface area (Å²) < 4.78 is 5.65. The molecule has 0 unspecified atom stereocenters. The molecular formula is C21H23N3O2. The van der Waals surface area contributed by atoms with Gasteiger partial charge in [-0.3, -0.25) is 4.79 Å². The third-order valence-electron chi connectivity index (χ3n) is 4.60. The Hall–Kier alpha value is -2.87. The Balaban J connectivity index is 1.70. The molecule has 0 atom stereocenters. The van der Waals surface area contributed by atoms with Crippen LogP contribution >= 0.6 is 0 Å². The molecular weight excluding hydrogens is 326 g/mol. The number of carbonyl (C=O) groups is 1. The van der Waals surface area contributed by atoms with Crippen LogP contribution in [0, 0.1) is 11.3 Å². The van der Waals surface area contributed by atoms with Gasteiger partial charge in [-0.05, 0) is 41.9 Å². The fraction of sp³-hybridized carbons (Fsp3) is 0.381. The lowest BCUT2D eigenvalue weighted by Crippen LogP contribution is -2.28. The van der Waals surface area contributed by atoms with E-state index in [0.29, 0.717) is 12.1 Å². The van der Waals surface area contributed by atoms with Gasteiger partial charge in [0.15, 0.2) is 6.61 Å². The molecule has 0 radical (unpaired) electrons. The van der Waals surface area contributed by atoms with E-state index in [1.165, 1.54) is 5.56 Å². The zero-order valence-corrected chi connectivity index (χ0v) is 15.2. The van der Waals surface area contributed by atoms with Crippen LogP contribution in [0.1, 0.15) is 54.1 Å². The molecule has 1 aliphatic rings. The lowest BCUT2D eigenvalue weighted by molar-refractivity contribution is -0.123. The first-order chi connectivity index (χ1) is 12.6. The lowest BCUT2D eigenvalue weighted by atomic mass is 9.98. The second-order valence-electron chi connectivity index (χ2n) is 6.81. The van der Waals surface area contributed by atoms with E-state index < -0.39 is 0 Å². The highest BCUT2D eigenvalue weighted by molar-refractivity contribution is 5.77. The lowest BCUT2D eigenvalue weighted by Gasteiger charge is -2.16. The van der Waals surface area contributed by atoms with E-state index in [4.69, 9.17) is 4.74 Å². The fourth-order valence-corrected chi connectivity index (χ4v) is 3.34. The number of nitriles is 1. The zero-order chi connectivity index (χ0) is 18.5. The van der Waals surface area contributed by atoms with E-state index in [2.05, 4.69) is 30.2 Å². The van der Waals surface area contributed by atoms with Gasteiger partial charge in [-0.1, -0.05) is 44.2 Å². The molecule has 1 N–H and O–H groups in total. The summed E-state index contributed by atoms with van der Waals surface area (Å²) in [5.41, 5.74) is 4.73. The van der Waals surface area contributed by atoms with Gasteiger partial charge in [0.05, 0.1) is 5.69 Å². The zero-order valence-electron chi connectivity index (χ0n) is 15.2. The summed E-state index contributed by atoms with van der Waals surface area (Å²) in [5, 5.41) is 12.4. The molecule has 0 aliphatic heterocycles. The monoisotopic (exact) mass is 349 g/mol. The topological polar surface area (TPSA) is 75.0 Å². The van der Waals surface area contributed by atoms with Gasteiger partial charge in [0.1, 0.15) is 11.6 Å². The number of nitrogens with one attached hydrogen (secondary N) is 1. The SMILES string of the molecule is CC(C)c1nc(OCC(=O)NCc2ccccc2)c(C#N)c2c1CCC2. The van der Waals surface area contributed by atoms with E-state index in [0.717, 1.165) is 36.1 Å². The van der Waals surface area contributed by atoms with Gasteiger partial charge >= 0.3 is 0 Å². The molecule has 1 amide bonds. The summed E-state index contributed by atoms with van der Waals surface area (Å²) >= 11 is 0. The van der Waals surface area contributed by atoms with Crippen LogP contribution in [0.2, 0.25) is 0 Å². The highest BCUT2D eigenvalue weighted by atomic mass is 16.5. The molecule has 1 aromatic heterocycles. The van der Waals surface area contributed by atoms with Crippen molar-refractivity contribution in [1.29, 1.82) is 5.26 Å². The molecule has 0 fully saturated rings. The molecule has 0 spiro atoms. The van der Waals surface area contributed by atoms with Crippen LogP contribution in [0.4, 0.5) is 0 Å². The second kappa shape index (κ2) is 8.01. The standard InChI is InChI=1S/C21H23N3O2/c1-14(2)20-17-10-6-9-16(17)18(11-22)21(24-20)26-13-19(25)23-12-15-7-4-3-5-8-15/h3-5,7-8,14H,6,9-10,12-13H2,1-2H3,(H,23,25). The van der Waals surface area contributed by atoms with Crippen LogP contribution in [0.25, 0.3) is 0 Å². The van der Waals surface area contributed by atoms with E-state index in [-0.39, 0.29) is 24.3 Å². The van der Waals surface area contributed by atoms with E-state index >= 15 is 0 Å². The Morgan fingerprint density at radius 3 is 2.69 bits per heavy atom. The van der Waals surface area contributed by atoms with Crippen LogP contribution in [0.5, 0.6) is 5.88 Å². The van der Waals surface area contributed by atoms with Gasteiger partial charge in [0.25, 0.3) is 5.91 Å². The Labute approximate surface area is 154 Å². The average Bonchev–Trinajstić information content (AvgIpc) is 3.13. The maximum atomic E-state index is 12.1. The van der Waals surface area contributed by atoms with Crippen molar-refractivity contribution in [2.75, 3.05) is 6.61 Å². The number of hydrogen-bond donors (Lipinski definition) is 1. The molecule has 3 rings (SSSR count). The number of benzene rings is 1. The van der Waals surface area contributed by atoms with Crippen LogP contribution < -0.4 is 10.1 Å². The second-order valence-corrected chi connectivity index (χ2v) is 6.81. The Morgan fingerprint density at radius 1 is 1.27 bits per heavy atom. The number of pyridine rings is 1. The number of hydrogen-bond acceptors (Lipinski definition) is 4. The maximum Gasteiger partial charge on any atom is 0.258 e. The van der Waals surface area contributed by atoms with E-state index in [9.17, 15) is 10.1 Å². The molecule has 1 aromatic carbocycles. The minimum atomic E-state index is -0.230. The summed E-state index contributed by atoms with van der Waals surface area (Å²) in [4.78, 5) is 16.7. The average molecular weight is 349 g/mol. The first-order valence-corrected chi connectivity index (χ1v) is 8.99. The first kappa shape index (κ1) is 17.9. The summed E-state index contributed by atoms with van der Waals surface area (Å²) in [5.74, 6) is 0.307. The highest BCUT2D eigenvalue weighted by Crippen LogP contribution is 2.35. The van der Waals surface area contributed by atoms with Crippen LogP contribution in [0.3, 0.4) is 0 Å². The number of amides is 1. The number of nitrogens with zero attached hydrogens (tertiary/aromatic N) is 2. The molecule has 26 heavy (non-hydrogen) atoms. The minimum Gasteiger partial charge on any atom is -0.467 e. The minimum absolute atomic E-state index is 0.148. The number of rotatable bonds is 6. The third kappa shape index (κ3) is 3.85. The van der Waals surface area contributed by atoms with Gasteiger partial charge < -0.3 is 10.1 Å². The van der Waals surface area contributed by atoms with Crippen molar-refractivity contribution >= 4 is 5.91 Å². The largest absolute Gasteiger partial charge is 0.467 e. The third-order valence-corrected chi connectivity index (χ3v) is 4.60. The molecule has 0 bridgehead atoms. The molecule has 0 saturated carbocycles. The smallest absolute Gasteiger partial charge is 0.258 e. The van der Waals surface area contributed by atoms with Crippen LogP contribution in [-0.4, -0.2) is 17.5 Å². The predicted octanol–water partition coefficient (Wildman–Crippen LogP) is 3.26. The van der Waals surface area contributed by atoms with Crippen molar-refractivity contribution in [2.45, 2.75) is 45.6 Å². The summed E-state index contributed by atoms with van der Waals surface area (Å²) in [6.07, 6.45) is 2.87. The van der Waals surface area contributed by atoms with Gasteiger partial charge in [-0.25, -0.2) is 4.98 Å². The number of aromatic nitrogens is 1. The number of ether oxygens (including phenoxy) is 1. The maximum absolute atomic E-state index is 12.1. The van der Waals surface area contributed by atoms with Crippen LogP contribution in [0.15, 0.2) is 30.3 Å². The van der Waals surface area contributed by atoms with Crippen molar-refractivity contribution in [2.24, 2.45) is 0 Å².